The van der Waals surface area contributed by atoms with Crippen molar-refractivity contribution in [2.24, 2.45) is 0 Å². The van der Waals surface area contributed by atoms with Crippen LogP contribution in [0.15, 0.2) is 23.1 Å². The number of benzene rings is 1. The Hall–Kier alpha value is -0.470. The van der Waals surface area contributed by atoms with Crippen molar-refractivity contribution in [3.8, 4) is 0 Å². The second kappa shape index (κ2) is 4.68. The highest BCUT2D eigenvalue weighted by atomic mass is 35.5. The summed E-state index contributed by atoms with van der Waals surface area (Å²) in [6.45, 7) is 1.93. The maximum absolute atomic E-state index is 11.5. The topological polar surface area (TPSA) is 17.1 Å². The monoisotopic (exact) mass is 214 g/mol. The summed E-state index contributed by atoms with van der Waals surface area (Å²) in [6, 6.07) is 5.57. The van der Waals surface area contributed by atoms with Gasteiger partial charge in [0.15, 0.2) is 5.78 Å². The molecule has 0 aliphatic heterocycles. The number of hydrogen-bond donors (Lipinski definition) is 1. The number of ketones is 1. The van der Waals surface area contributed by atoms with Gasteiger partial charge in [0.05, 0.1) is 0 Å². The number of alkyl halides is 1. The van der Waals surface area contributed by atoms with E-state index in [2.05, 4.69) is 12.6 Å². The van der Waals surface area contributed by atoms with E-state index in [9.17, 15) is 4.79 Å². The lowest BCUT2D eigenvalue weighted by Crippen LogP contribution is -2.01. The summed E-state index contributed by atoms with van der Waals surface area (Å²) >= 11 is 9.77. The molecular weight excluding hydrogens is 204 g/mol. The number of halogens is 1. The van der Waals surface area contributed by atoms with E-state index in [0.29, 0.717) is 17.9 Å². The van der Waals surface area contributed by atoms with Crippen LogP contribution < -0.4 is 0 Å². The van der Waals surface area contributed by atoms with Crippen molar-refractivity contribution in [1.29, 1.82) is 0 Å². The largest absolute Gasteiger partial charge is 0.294 e. The molecule has 0 N–H and O–H groups in total. The van der Waals surface area contributed by atoms with E-state index in [1.807, 2.05) is 19.1 Å². The molecule has 0 aromatic heterocycles. The number of carbonyl (C=O) groups is 1. The highest BCUT2D eigenvalue weighted by Gasteiger charge is 2.09. The van der Waals surface area contributed by atoms with Gasteiger partial charge < -0.3 is 0 Å². The Morgan fingerprint density at radius 1 is 1.54 bits per heavy atom. The molecule has 0 bridgehead atoms. The third kappa shape index (κ3) is 2.48. The van der Waals surface area contributed by atoms with Crippen molar-refractivity contribution in [3.05, 3.63) is 29.3 Å². The fourth-order valence-corrected chi connectivity index (χ4v) is 1.55. The molecule has 0 saturated heterocycles. The Morgan fingerprint density at radius 2 is 2.23 bits per heavy atom. The second-order valence-electron chi connectivity index (χ2n) is 2.83. The van der Waals surface area contributed by atoms with E-state index in [-0.39, 0.29) is 5.78 Å². The van der Waals surface area contributed by atoms with Gasteiger partial charge in [-0.3, -0.25) is 4.79 Å². The van der Waals surface area contributed by atoms with E-state index < -0.39 is 0 Å². The normalized spacial score (nSPS) is 10.1. The molecule has 0 heterocycles. The maximum atomic E-state index is 11.5. The van der Waals surface area contributed by atoms with Crippen LogP contribution >= 0.6 is 24.2 Å². The quantitative estimate of drug-likeness (QED) is 0.465. The average molecular weight is 215 g/mol. The maximum Gasteiger partial charge on any atom is 0.165 e. The molecular formula is C10H11ClOS. The third-order valence-electron chi connectivity index (χ3n) is 1.86. The zero-order chi connectivity index (χ0) is 9.84. The molecule has 1 aromatic carbocycles. The summed E-state index contributed by atoms with van der Waals surface area (Å²) in [5.41, 5.74) is 1.69. The van der Waals surface area contributed by atoms with Gasteiger partial charge in [0.1, 0.15) is 0 Å². The lowest BCUT2D eigenvalue weighted by molar-refractivity contribution is 0.0986. The van der Waals surface area contributed by atoms with Gasteiger partial charge in [0.2, 0.25) is 0 Å². The Kier molecular flexibility index (Phi) is 3.82. The zero-order valence-corrected chi connectivity index (χ0v) is 9.03. The molecule has 0 aliphatic rings. The predicted octanol–water partition coefficient (Wildman–Crippen LogP) is 3.10. The molecule has 0 atom stereocenters. The number of Topliss-reactive ketones (excluding diaryl/α,β-unsaturated/α-hetero) is 1. The Morgan fingerprint density at radius 3 is 2.85 bits per heavy atom. The summed E-state index contributed by atoms with van der Waals surface area (Å²) in [6.07, 6.45) is 0.374. The summed E-state index contributed by atoms with van der Waals surface area (Å²) < 4.78 is 0. The summed E-state index contributed by atoms with van der Waals surface area (Å²) in [5.74, 6) is 0.420. The Labute approximate surface area is 88.5 Å². The molecule has 0 unspecified atom stereocenters. The van der Waals surface area contributed by atoms with E-state index in [1.165, 1.54) is 0 Å². The van der Waals surface area contributed by atoms with Crippen LogP contribution in [-0.2, 0) is 0 Å². The van der Waals surface area contributed by atoms with Crippen molar-refractivity contribution in [3.63, 3.8) is 0 Å². The standard InChI is InChI=1S/C10H11ClOS/c1-7-3-2-4-8(10(7)13)9(12)5-6-11/h2-4,13H,5-6H2,1H3. The minimum Gasteiger partial charge on any atom is -0.294 e. The van der Waals surface area contributed by atoms with Crippen LogP contribution in [0.4, 0.5) is 0 Å². The van der Waals surface area contributed by atoms with E-state index >= 15 is 0 Å². The SMILES string of the molecule is Cc1cccc(C(=O)CCCl)c1S. The van der Waals surface area contributed by atoms with Gasteiger partial charge in [-0.1, -0.05) is 18.2 Å². The number of hydrogen-bond acceptors (Lipinski definition) is 2. The fraction of sp³-hybridized carbons (Fsp3) is 0.300. The first-order valence-electron chi connectivity index (χ1n) is 4.04. The van der Waals surface area contributed by atoms with Crippen molar-refractivity contribution in [2.45, 2.75) is 18.2 Å². The molecule has 0 spiro atoms. The van der Waals surface area contributed by atoms with Crippen LogP contribution in [0.1, 0.15) is 22.3 Å². The van der Waals surface area contributed by atoms with Crippen molar-refractivity contribution in [2.75, 3.05) is 5.88 Å². The van der Waals surface area contributed by atoms with Crippen LogP contribution in [0.2, 0.25) is 0 Å². The average Bonchev–Trinajstić information content (AvgIpc) is 2.10. The molecule has 1 nitrogen and oxygen atoms in total. The van der Waals surface area contributed by atoms with E-state index in [4.69, 9.17) is 11.6 Å². The number of thiol groups is 1. The summed E-state index contributed by atoms with van der Waals surface area (Å²) in [4.78, 5) is 12.2. The van der Waals surface area contributed by atoms with E-state index in [1.54, 1.807) is 6.07 Å². The van der Waals surface area contributed by atoms with Gasteiger partial charge >= 0.3 is 0 Å². The number of rotatable bonds is 3. The van der Waals surface area contributed by atoms with Gasteiger partial charge in [-0.05, 0) is 12.5 Å². The lowest BCUT2D eigenvalue weighted by Gasteiger charge is -2.04. The van der Waals surface area contributed by atoms with Crippen molar-refractivity contribution in [1.82, 2.24) is 0 Å². The number of aryl methyl sites for hydroxylation is 1. The van der Waals surface area contributed by atoms with Crippen LogP contribution in [0.5, 0.6) is 0 Å². The summed E-state index contributed by atoms with van der Waals surface area (Å²) in [5, 5.41) is 0. The molecule has 0 aliphatic carbocycles. The molecule has 1 rings (SSSR count). The third-order valence-corrected chi connectivity index (χ3v) is 2.64. The van der Waals surface area contributed by atoms with Gasteiger partial charge in [-0.15, -0.1) is 24.2 Å². The van der Waals surface area contributed by atoms with E-state index in [0.717, 1.165) is 10.5 Å². The first-order chi connectivity index (χ1) is 6.16. The first-order valence-corrected chi connectivity index (χ1v) is 5.02. The van der Waals surface area contributed by atoms with Gasteiger partial charge in [0.25, 0.3) is 0 Å². The fourth-order valence-electron chi connectivity index (χ4n) is 1.10. The minimum atomic E-state index is 0.0590. The van der Waals surface area contributed by atoms with Crippen LogP contribution in [-0.4, -0.2) is 11.7 Å². The molecule has 0 radical (unpaired) electrons. The van der Waals surface area contributed by atoms with Crippen molar-refractivity contribution >= 4 is 30.0 Å². The highest BCUT2D eigenvalue weighted by Crippen LogP contribution is 2.19. The summed E-state index contributed by atoms with van der Waals surface area (Å²) in [7, 11) is 0. The molecule has 0 saturated carbocycles. The first kappa shape index (κ1) is 10.6. The zero-order valence-electron chi connectivity index (χ0n) is 7.38. The number of carbonyl (C=O) groups excluding carboxylic acids is 1. The van der Waals surface area contributed by atoms with Crippen LogP contribution in [0.25, 0.3) is 0 Å². The van der Waals surface area contributed by atoms with Crippen molar-refractivity contribution < 1.29 is 4.79 Å². The lowest BCUT2D eigenvalue weighted by atomic mass is 10.1. The molecule has 0 amide bonds. The van der Waals surface area contributed by atoms with Gasteiger partial charge in [-0.25, -0.2) is 0 Å². The highest BCUT2D eigenvalue weighted by molar-refractivity contribution is 7.80. The Bertz CT molecular complexity index is 323. The Balaban J connectivity index is 3.01. The smallest absolute Gasteiger partial charge is 0.165 e. The molecule has 1 aromatic rings. The predicted molar refractivity (Wildman–Crippen MR) is 58.1 cm³/mol. The van der Waals surface area contributed by atoms with Gasteiger partial charge in [0, 0.05) is 22.8 Å². The molecule has 0 fully saturated rings. The second-order valence-corrected chi connectivity index (χ2v) is 3.66. The molecule has 3 heteroatoms. The van der Waals surface area contributed by atoms with Gasteiger partial charge in [-0.2, -0.15) is 0 Å². The van der Waals surface area contributed by atoms with Crippen LogP contribution in [0, 0.1) is 6.92 Å². The molecule has 70 valence electrons. The molecule has 13 heavy (non-hydrogen) atoms. The van der Waals surface area contributed by atoms with Crippen LogP contribution in [0.3, 0.4) is 0 Å². The minimum absolute atomic E-state index is 0.0590.